The molecule has 12 rings (SSSR count). The van der Waals surface area contributed by atoms with Crippen molar-refractivity contribution >= 4 is 90.9 Å². The van der Waals surface area contributed by atoms with Crippen LogP contribution >= 0.6 is 22.7 Å². The van der Waals surface area contributed by atoms with E-state index in [2.05, 4.69) is 199 Å². The number of anilines is 3. The van der Waals surface area contributed by atoms with Gasteiger partial charge in [0.2, 0.25) is 0 Å². The van der Waals surface area contributed by atoms with E-state index in [1.165, 1.54) is 95.7 Å². The average molecular weight is 762 g/mol. The Morgan fingerprint density at radius 2 is 1.09 bits per heavy atom. The summed E-state index contributed by atoms with van der Waals surface area (Å²) >= 11 is 3.80. The zero-order chi connectivity index (χ0) is 37.5. The highest BCUT2D eigenvalue weighted by Crippen LogP contribution is 2.53. The predicted octanol–water partition coefficient (Wildman–Crippen LogP) is 16.1. The van der Waals surface area contributed by atoms with Gasteiger partial charge in [-0.05, 0) is 99.8 Å². The van der Waals surface area contributed by atoms with Gasteiger partial charge in [-0.3, -0.25) is 0 Å². The summed E-state index contributed by atoms with van der Waals surface area (Å²) in [5, 5.41) is 7.79. The maximum absolute atomic E-state index is 2.48. The molecular formula is C54H35NS2. The molecule has 0 saturated carbocycles. The van der Waals surface area contributed by atoms with Crippen LogP contribution in [0.5, 0.6) is 0 Å². The molecule has 0 fully saturated rings. The predicted molar refractivity (Wildman–Crippen MR) is 247 cm³/mol. The van der Waals surface area contributed by atoms with E-state index in [9.17, 15) is 0 Å². The van der Waals surface area contributed by atoms with E-state index in [1.807, 2.05) is 22.7 Å². The zero-order valence-corrected chi connectivity index (χ0v) is 32.7. The second kappa shape index (κ2) is 13.0. The number of rotatable bonds is 6. The van der Waals surface area contributed by atoms with Gasteiger partial charge in [-0.1, -0.05) is 140 Å². The third-order valence-corrected chi connectivity index (χ3v) is 14.4. The molecule has 0 bridgehead atoms. The molecule has 0 spiro atoms. The molecule has 11 aromatic rings. The van der Waals surface area contributed by atoms with E-state index in [4.69, 9.17) is 0 Å². The molecule has 0 aliphatic heterocycles. The zero-order valence-electron chi connectivity index (χ0n) is 31.0. The van der Waals surface area contributed by atoms with Crippen LogP contribution in [-0.4, -0.2) is 0 Å². The summed E-state index contributed by atoms with van der Waals surface area (Å²) in [4.78, 5) is 2.43. The van der Waals surface area contributed by atoms with Gasteiger partial charge in [0, 0.05) is 68.6 Å². The molecule has 2 heterocycles. The van der Waals surface area contributed by atoms with Crippen molar-refractivity contribution in [3.63, 3.8) is 0 Å². The molecule has 2 aromatic heterocycles. The summed E-state index contributed by atoms with van der Waals surface area (Å²) in [6.07, 6.45) is 0.976. The lowest BCUT2D eigenvalue weighted by atomic mass is 9.88. The highest BCUT2D eigenvalue weighted by atomic mass is 32.1. The Morgan fingerprint density at radius 3 is 1.93 bits per heavy atom. The summed E-state index contributed by atoms with van der Waals surface area (Å²) in [5.74, 6) is 0.288. The highest BCUT2D eigenvalue weighted by molar-refractivity contribution is 7.26. The Balaban J connectivity index is 0.985. The molecule has 1 atom stereocenters. The van der Waals surface area contributed by atoms with Gasteiger partial charge in [0.25, 0.3) is 0 Å². The van der Waals surface area contributed by atoms with E-state index >= 15 is 0 Å². The van der Waals surface area contributed by atoms with Gasteiger partial charge < -0.3 is 4.90 Å². The highest BCUT2D eigenvalue weighted by Gasteiger charge is 2.32. The van der Waals surface area contributed by atoms with Gasteiger partial charge in [0.15, 0.2) is 0 Å². The van der Waals surface area contributed by atoms with Gasteiger partial charge >= 0.3 is 0 Å². The van der Waals surface area contributed by atoms with Crippen molar-refractivity contribution < 1.29 is 0 Å². The standard InChI is InChI=1S/C54H35NS2/c1-2-11-34(12-3-1)31-46-44-28-29-45-41-16-6-9-20-51(41)57-54(45)53(44)43-27-23-37(32-47(43)46)35-21-24-38(25-22-35)55(49-18-10-14-36-13-4-5-15-40(36)49)39-26-30-52-48(33-39)42-17-7-8-19-50(42)56-52/h1-30,32-33,46H,31H2. The van der Waals surface area contributed by atoms with Gasteiger partial charge in [-0.25, -0.2) is 0 Å². The number of thiophene rings is 2. The lowest BCUT2D eigenvalue weighted by molar-refractivity contribution is 0.828. The fourth-order valence-electron chi connectivity index (χ4n) is 9.35. The van der Waals surface area contributed by atoms with Crippen LogP contribution in [0.2, 0.25) is 0 Å². The Morgan fingerprint density at radius 1 is 0.421 bits per heavy atom. The molecule has 0 radical (unpaired) electrons. The molecule has 268 valence electrons. The van der Waals surface area contributed by atoms with Crippen molar-refractivity contribution in [2.24, 2.45) is 0 Å². The molecule has 0 N–H and O–H groups in total. The largest absolute Gasteiger partial charge is 0.310 e. The van der Waals surface area contributed by atoms with Crippen molar-refractivity contribution in [2.45, 2.75) is 12.3 Å². The Labute approximate surface area is 339 Å². The second-order valence-electron chi connectivity index (χ2n) is 15.2. The lowest BCUT2D eigenvalue weighted by Gasteiger charge is -2.27. The van der Waals surface area contributed by atoms with E-state index < -0.39 is 0 Å². The van der Waals surface area contributed by atoms with E-state index in [1.54, 1.807) is 0 Å². The second-order valence-corrected chi connectivity index (χ2v) is 17.3. The van der Waals surface area contributed by atoms with Crippen LogP contribution < -0.4 is 4.90 Å². The molecular weight excluding hydrogens is 727 g/mol. The summed E-state index contributed by atoms with van der Waals surface area (Å²) in [6, 6.07) is 72.2. The molecule has 0 saturated heterocycles. The third kappa shape index (κ3) is 5.27. The van der Waals surface area contributed by atoms with Crippen molar-refractivity contribution in [3.8, 4) is 22.3 Å². The summed E-state index contributed by atoms with van der Waals surface area (Å²) < 4.78 is 5.39. The number of nitrogens with zero attached hydrogens (tertiary/aromatic N) is 1. The fraction of sp³-hybridized carbons (Fsp3) is 0.0370. The number of fused-ring (bicyclic) bond motifs is 11. The Hall–Kier alpha value is -6.52. The quantitative estimate of drug-likeness (QED) is 0.163. The maximum Gasteiger partial charge on any atom is 0.0540 e. The number of hydrogen-bond donors (Lipinski definition) is 0. The monoisotopic (exact) mass is 761 g/mol. The molecule has 3 heteroatoms. The van der Waals surface area contributed by atoms with Crippen molar-refractivity contribution in [1.29, 1.82) is 0 Å². The van der Waals surface area contributed by atoms with Crippen molar-refractivity contribution in [1.82, 2.24) is 0 Å². The van der Waals surface area contributed by atoms with Gasteiger partial charge in [0.1, 0.15) is 0 Å². The average Bonchev–Trinajstić information content (AvgIpc) is 3.94. The van der Waals surface area contributed by atoms with Crippen LogP contribution in [-0.2, 0) is 6.42 Å². The molecule has 1 aliphatic rings. The fourth-order valence-corrected chi connectivity index (χ4v) is 11.7. The smallest absolute Gasteiger partial charge is 0.0540 e. The molecule has 1 nitrogen and oxygen atoms in total. The minimum atomic E-state index is 0.288. The van der Waals surface area contributed by atoms with Crippen LogP contribution in [0.3, 0.4) is 0 Å². The van der Waals surface area contributed by atoms with Crippen LogP contribution in [0.1, 0.15) is 22.6 Å². The van der Waals surface area contributed by atoms with Crippen molar-refractivity contribution in [3.05, 3.63) is 211 Å². The Bertz CT molecular complexity index is 3330. The molecule has 9 aromatic carbocycles. The molecule has 57 heavy (non-hydrogen) atoms. The van der Waals surface area contributed by atoms with Crippen LogP contribution in [0.25, 0.3) is 73.4 Å². The minimum Gasteiger partial charge on any atom is -0.310 e. The SMILES string of the molecule is c1ccc(CC2c3cc(-c4ccc(N(c5ccc6sc7ccccc7c6c5)c5cccc6ccccc56)cc4)ccc3-c3c2ccc2c3sc3ccccc32)cc1. The van der Waals surface area contributed by atoms with Crippen LogP contribution in [0, 0.1) is 0 Å². The first kappa shape index (κ1) is 32.7. The summed E-state index contributed by atoms with van der Waals surface area (Å²) in [7, 11) is 0. The topological polar surface area (TPSA) is 3.24 Å². The van der Waals surface area contributed by atoms with Gasteiger partial charge in [0.05, 0.1) is 5.69 Å². The minimum absolute atomic E-state index is 0.288. The first-order valence-electron chi connectivity index (χ1n) is 19.7. The molecule has 0 amide bonds. The van der Waals surface area contributed by atoms with Crippen LogP contribution in [0.4, 0.5) is 17.1 Å². The lowest BCUT2D eigenvalue weighted by Crippen LogP contribution is -2.10. The number of benzene rings is 9. The van der Waals surface area contributed by atoms with E-state index in [0.717, 1.165) is 17.8 Å². The normalized spacial score (nSPS) is 13.5. The third-order valence-electron chi connectivity index (χ3n) is 12.0. The number of hydrogen-bond acceptors (Lipinski definition) is 3. The van der Waals surface area contributed by atoms with Gasteiger partial charge in [-0.15, -0.1) is 22.7 Å². The van der Waals surface area contributed by atoms with Gasteiger partial charge in [-0.2, -0.15) is 0 Å². The maximum atomic E-state index is 2.48. The van der Waals surface area contributed by atoms with E-state index in [0.29, 0.717) is 0 Å². The van der Waals surface area contributed by atoms with E-state index in [-0.39, 0.29) is 5.92 Å². The van der Waals surface area contributed by atoms with Crippen molar-refractivity contribution in [2.75, 3.05) is 4.90 Å². The first-order chi connectivity index (χ1) is 28.2. The Kier molecular flexibility index (Phi) is 7.47. The summed E-state index contributed by atoms with van der Waals surface area (Å²) in [6.45, 7) is 0. The molecule has 1 aliphatic carbocycles. The van der Waals surface area contributed by atoms with Crippen LogP contribution in [0.15, 0.2) is 194 Å². The summed E-state index contributed by atoms with van der Waals surface area (Å²) in [5.41, 5.74) is 13.0. The molecule has 1 unspecified atom stereocenters. The first-order valence-corrected chi connectivity index (χ1v) is 21.3.